The molecular formula is C15H20BrNO2. The van der Waals surface area contributed by atoms with E-state index in [2.05, 4.69) is 20.8 Å². The maximum absolute atomic E-state index is 11.6. The summed E-state index contributed by atoms with van der Waals surface area (Å²) < 4.78 is 6.77. The molecule has 0 aromatic heterocycles. The summed E-state index contributed by atoms with van der Waals surface area (Å²) in [6, 6.07) is 7.93. The number of hydrogen-bond donors (Lipinski definition) is 0. The Morgan fingerprint density at radius 2 is 2.11 bits per heavy atom. The van der Waals surface area contributed by atoms with Crippen molar-refractivity contribution < 1.29 is 9.53 Å². The molecule has 0 radical (unpaired) electrons. The smallest absolute Gasteiger partial charge is 0.146 e. The van der Waals surface area contributed by atoms with Crippen LogP contribution < -0.4 is 4.74 Å². The molecule has 19 heavy (non-hydrogen) atoms. The molecule has 1 unspecified atom stereocenters. The fourth-order valence-electron chi connectivity index (χ4n) is 2.53. The highest BCUT2D eigenvalue weighted by atomic mass is 79.9. The SMILES string of the molecule is CC(=O)C1CCCCN1CCOc1ccc(Br)cc1. The number of carbonyl (C=O) groups excluding carboxylic acids is 1. The van der Waals surface area contributed by atoms with E-state index in [4.69, 9.17) is 4.74 Å². The van der Waals surface area contributed by atoms with E-state index in [-0.39, 0.29) is 11.8 Å². The second-order valence-corrected chi connectivity index (χ2v) is 5.88. The first-order valence-electron chi connectivity index (χ1n) is 6.79. The summed E-state index contributed by atoms with van der Waals surface area (Å²) in [5.74, 6) is 1.16. The van der Waals surface area contributed by atoms with Crippen molar-refractivity contribution in [2.75, 3.05) is 19.7 Å². The van der Waals surface area contributed by atoms with Gasteiger partial charge in [-0.25, -0.2) is 0 Å². The van der Waals surface area contributed by atoms with Crippen molar-refractivity contribution >= 4 is 21.7 Å². The molecule has 1 aromatic carbocycles. The molecule has 0 saturated carbocycles. The van der Waals surface area contributed by atoms with Gasteiger partial charge in [0.15, 0.2) is 0 Å². The molecule has 0 aliphatic carbocycles. The standard InChI is InChI=1S/C15H20BrNO2/c1-12(18)15-4-2-3-9-17(15)10-11-19-14-7-5-13(16)6-8-14/h5-8,15H,2-4,9-11H2,1H3. The zero-order valence-corrected chi connectivity index (χ0v) is 12.9. The Morgan fingerprint density at radius 1 is 1.37 bits per heavy atom. The second-order valence-electron chi connectivity index (χ2n) is 4.96. The molecule has 4 heteroatoms. The van der Waals surface area contributed by atoms with Gasteiger partial charge in [0.2, 0.25) is 0 Å². The van der Waals surface area contributed by atoms with E-state index in [9.17, 15) is 4.79 Å². The zero-order chi connectivity index (χ0) is 13.7. The number of hydrogen-bond acceptors (Lipinski definition) is 3. The van der Waals surface area contributed by atoms with Crippen molar-refractivity contribution in [2.45, 2.75) is 32.2 Å². The molecule has 1 aliphatic rings. The number of ether oxygens (including phenoxy) is 1. The van der Waals surface area contributed by atoms with Gasteiger partial charge in [-0.2, -0.15) is 0 Å². The molecule has 0 amide bonds. The molecular weight excluding hydrogens is 306 g/mol. The highest BCUT2D eigenvalue weighted by Gasteiger charge is 2.25. The number of piperidine rings is 1. The Balaban J connectivity index is 1.80. The first-order valence-corrected chi connectivity index (χ1v) is 7.59. The molecule has 1 heterocycles. The van der Waals surface area contributed by atoms with Crippen LogP contribution in [0.3, 0.4) is 0 Å². The van der Waals surface area contributed by atoms with Gasteiger partial charge in [0.05, 0.1) is 6.04 Å². The Hall–Kier alpha value is -0.870. The summed E-state index contributed by atoms with van der Waals surface area (Å²) >= 11 is 3.40. The summed E-state index contributed by atoms with van der Waals surface area (Å²) in [6.07, 6.45) is 3.34. The molecule has 0 bridgehead atoms. The number of likely N-dealkylation sites (tertiary alicyclic amines) is 1. The van der Waals surface area contributed by atoms with Crippen molar-refractivity contribution in [2.24, 2.45) is 0 Å². The lowest BCUT2D eigenvalue weighted by Crippen LogP contribution is -2.45. The summed E-state index contributed by atoms with van der Waals surface area (Å²) in [7, 11) is 0. The van der Waals surface area contributed by atoms with Crippen LogP contribution in [-0.4, -0.2) is 36.4 Å². The Labute approximate surface area is 123 Å². The van der Waals surface area contributed by atoms with E-state index < -0.39 is 0 Å². The van der Waals surface area contributed by atoms with Crippen molar-refractivity contribution in [3.8, 4) is 5.75 Å². The maximum Gasteiger partial charge on any atom is 0.146 e. The fourth-order valence-corrected chi connectivity index (χ4v) is 2.79. The van der Waals surface area contributed by atoms with Gasteiger partial charge >= 0.3 is 0 Å². The predicted octanol–water partition coefficient (Wildman–Crippen LogP) is 3.27. The molecule has 1 atom stereocenters. The van der Waals surface area contributed by atoms with Crippen LogP contribution in [0, 0.1) is 0 Å². The molecule has 1 saturated heterocycles. The number of ketones is 1. The zero-order valence-electron chi connectivity index (χ0n) is 11.3. The average molecular weight is 326 g/mol. The summed E-state index contributed by atoms with van der Waals surface area (Å²) in [5.41, 5.74) is 0. The molecule has 3 nitrogen and oxygen atoms in total. The minimum atomic E-state index is 0.0993. The van der Waals surface area contributed by atoms with Crippen molar-refractivity contribution in [1.29, 1.82) is 0 Å². The second kappa shape index (κ2) is 7.06. The van der Waals surface area contributed by atoms with Crippen molar-refractivity contribution in [3.63, 3.8) is 0 Å². The lowest BCUT2D eigenvalue weighted by Gasteiger charge is -2.33. The number of nitrogens with zero attached hydrogens (tertiary/aromatic N) is 1. The predicted molar refractivity (Wildman–Crippen MR) is 79.5 cm³/mol. The minimum absolute atomic E-state index is 0.0993. The Kier molecular flexibility index (Phi) is 5.40. The fraction of sp³-hybridized carbons (Fsp3) is 0.533. The van der Waals surface area contributed by atoms with Crippen LogP contribution in [0.5, 0.6) is 5.75 Å². The summed E-state index contributed by atoms with van der Waals surface area (Å²) in [4.78, 5) is 13.8. The van der Waals surface area contributed by atoms with Crippen LogP contribution in [0.1, 0.15) is 26.2 Å². The van der Waals surface area contributed by atoms with Crippen LogP contribution in [0.4, 0.5) is 0 Å². The molecule has 0 N–H and O–H groups in total. The van der Waals surface area contributed by atoms with E-state index in [0.717, 1.165) is 36.2 Å². The van der Waals surface area contributed by atoms with E-state index in [1.165, 1.54) is 6.42 Å². The number of carbonyl (C=O) groups is 1. The lowest BCUT2D eigenvalue weighted by molar-refractivity contribution is -0.123. The minimum Gasteiger partial charge on any atom is -0.492 e. The largest absolute Gasteiger partial charge is 0.492 e. The van der Waals surface area contributed by atoms with Gasteiger partial charge in [0, 0.05) is 11.0 Å². The quantitative estimate of drug-likeness (QED) is 0.832. The lowest BCUT2D eigenvalue weighted by atomic mass is 9.99. The van der Waals surface area contributed by atoms with E-state index in [1.807, 2.05) is 24.3 Å². The van der Waals surface area contributed by atoms with Gasteiger partial charge in [-0.05, 0) is 50.6 Å². The molecule has 1 aromatic rings. The maximum atomic E-state index is 11.6. The van der Waals surface area contributed by atoms with Crippen molar-refractivity contribution in [1.82, 2.24) is 4.90 Å². The van der Waals surface area contributed by atoms with Crippen molar-refractivity contribution in [3.05, 3.63) is 28.7 Å². The van der Waals surface area contributed by atoms with E-state index >= 15 is 0 Å². The van der Waals surface area contributed by atoms with Gasteiger partial charge in [-0.3, -0.25) is 9.69 Å². The van der Waals surface area contributed by atoms with Gasteiger partial charge < -0.3 is 4.74 Å². The number of rotatable bonds is 5. The van der Waals surface area contributed by atoms with Gasteiger partial charge in [-0.15, -0.1) is 0 Å². The highest BCUT2D eigenvalue weighted by molar-refractivity contribution is 9.10. The summed E-state index contributed by atoms with van der Waals surface area (Å²) in [6.45, 7) is 4.15. The summed E-state index contributed by atoms with van der Waals surface area (Å²) in [5, 5.41) is 0. The normalized spacial score (nSPS) is 20.2. The monoisotopic (exact) mass is 325 g/mol. The van der Waals surface area contributed by atoms with Gasteiger partial charge in [-0.1, -0.05) is 22.4 Å². The molecule has 1 fully saturated rings. The number of benzene rings is 1. The molecule has 1 aliphatic heterocycles. The van der Waals surface area contributed by atoms with E-state index in [0.29, 0.717) is 6.61 Å². The number of Topliss-reactive ketones (excluding diaryl/α,β-unsaturated/α-hetero) is 1. The third kappa shape index (κ3) is 4.32. The van der Waals surface area contributed by atoms with Crippen LogP contribution >= 0.6 is 15.9 Å². The molecule has 104 valence electrons. The van der Waals surface area contributed by atoms with Gasteiger partial charge in [0.1, 0.15) is 18.1 Å². The third-order valence-corrected chi connectivity index (χ3v) is 4.07. The van der Waals surface area contributed by atoms with Crippen LogP contribution in [-0.2, 0) is 4.79 Å². The first kappa shape index (κ1) is 14.5. The van der Waals surface area contributed by atoms with Gasteiger partial charge in [0.25, 0.3) is 0 Å². The van der Waals surface area contributed by atoms with Crippen LogP contribution in [0.25, 0.3) is 0 Å². The highest BCUT2D eigenvalue weighted by Crippen LogP contribution is 2.19. The molecule has 0 spiro atoms. The van der Waals surface area contributed by atoms with Crippen LogP contribution in [0.15, 0.2) is 28.7 Å². The number of halogens is 1. The third-order valence-electron chi connectivity index (χ3n) is 3.54. The topological polar surface area (TPSA) is 29.5 Å². The Morgan fingerprint density at radius 3 is 2.79 bits per heavy atom. The van der Waals surface area contributed by atoms with Crippen LogP contribution in [0.2, 0.25) is 0 Å². The van der Waals surface area contributed by atoms with E-state index in [1.54, 1.807) is 6.92 Å². The first-order chi connectivity index (χ1) is 9.16. The Bertz CT molecular complexity index is 419. The average Bonchev–Trinajstić information content (AvgIpc) is 2.41. The molecule has 2 rings (SSSR count).